The van der Waals surface area contributed by atoms with Crippen LogP contribution in [0.3, 0.4) is 0 Å². The molecule has 1 atom stereocenters. The second-order valence-corrected chi connectivity index (χ2v) is 9.49. The Bertz CT molecular complexity index is 722. The molecule has 1 aliphatic heterocycles. The van der Waals surface area contributed by atoms with E-state index in [2.05, 4.69) is 65.1 Å². The van der Waals surface area contributed by atoms with E-state index < -0.39 is 0 Å². The molecule has 1 aliphatic rings. The van der Waals surface area contributed by atoms with Crippen molar-refractivity contribution in [1.29, 1.82) is 0 Å². The summed E-state index contributed by atoms with van der Waals surface area (Å²) in [5.41, 5.74) is 0.287. The van der Waals surface area contributed by atoms with Crippen molar-refractivity contribution in [3.8, 4) is 0 Å². The van der Waals surface area contributed by atoms with Crippen molar-refractivity contribution >= 4 is 22.5 Å². The zero-order valence-electron chi connectivity index (χ0n) is 16.5. The van der Waals surface area contributed by atoms with Crippen molar-refractivity contribution in [3.05, 3.63) is 17.7 Å². The minimum absolute atomic E-state index is 0.144. The topological polar surface area (TPSA) is 87.9 Å². The molecular formula is C18H30N6OS. The summed E-state index contributed by atoms with van der Waals surface area (Å²) in [6, 6.07) is 2.65. The normalized spacial score (nSPS) is 20.8. The first kappa shape index (κ1) is 19.3. The van der Waals surface area contributed by atoms with Gasteiger partial charge in [-0.05, 0) is 54.4 Å². The van der Waals surface area contributed by atoms with E-state index in [1.165, 1.54) is 11.5 Å². The number of piperidine rings is 1. The first-order valence-corrected chi connectivity index (χ1v) is 9.96. The van der Waals surface area contributed by atoms with Crippen LogP contribution in [0, 0.1) is 6.92 Å². The third-order valence-electron chi connectivity index (χ3n) is 4.53. The maximum absolute atomic E-state index is 5.06. The molecule has 0 bridgehead atoms. The lowest BCUT2D eigenvalue weighted by Crippen LogP contribution is -2.62. The van der Waals surface area contributed by atoms with Gasteiger partial charge in [0.25, 0.3) is 0 Å². The van der Waals surface area contributed by atoms with Crippen molar-refractivity contribution < 1.29 is 4.52 Å². The highest BCUT2D eigenvalue weighted by Gasteiger charge is 2.37. The highest BCUT2D eigenvalue weighted by atomic mass is 32.1. The standard InChI is InChI=1S/C18H30N6OS/c1-11(19-13-9-17(3,4)24-18(5,6)10-13)7-15-21-16(26-23-15)20-14-8-12(2)25-22-14/h8,11,13,19,24H,7,9-10H2,1-6H3,(H,20,21,22,23). The Kier molecular flexibility index (Phi) is 5.37. The zero-order chi connectivity index (χ0) is 18.9. The van der Waals surface area contributed by atoms with Crippen LogP contribution in [0.15, 0.2) is 10.6 Å². The van der Waals surface area contributed by atoms with Crippen molar-refractivity contribution in [1.82, 2.24) is 25.1 Å². The van der Waals surface area contributed by atoms with E-state index in [-0.39, 0.29) is 11.1 Å². The monoisotopic (exact) mass is 378 g/mol. The molecule has 0 saturated carbocycles. The van der Waals surface area contributed by atoms with Crippen LogP contribution in [0.25, 0.3) is 0 Å². The highest BCUT2D eigenvalue weighted by molar-refractivity contribution is 7.09. The van der Waals surface area contributed by atoms with Crippen LogP contribution in [0.4, 0.5) is 10.9 Å². The summed E-state index contributed by atoms with van der Waals surface area (Å²) in [5.74, 6) is 2.28. The van der Waals surface area contributed by atoms with Crippen LogP contribution < -0.4 is 16.0 Å². The number of hydrogen-bond acceptors (Lipinski definition) is 8. The third-order valence-corrected chi connectivity index (χ3v) is 5.20. The SMILES string of the molecule is Cc1cc(Nc2nc(CC(C)NC3CC(C)(C)NC(C)(C)C3)ns2)no1. The summed E-state index contributed by atoms with van der Waals surface area (Å²) in [6.45, 7) is 13.2. The van der Waals surface area contributed by atoms with Crippen molar-refractivity contribution in [2.45, 2.75) is 84.0 Å². The van der Waals surface area contributed by atoms with Gasteiger partial charge in [-0.15, -0.1) is 0 Å². The Hall–Kier alpha value is -1.51. The average Bonchev–Trinajstić information content (AvgIpc) is 3.04. The molecule has 1 unspecified atom stereocenters. The molecule has 2 aromatic rings. The predicted octanol–water partition coefficient (Wildman–Crippen LogP) is 3.41. The van der Waals surface area contributed by atoms with E-state index in [4.69, 9.17) is 4.52 Å². The molecule has 7 nitrogen and oxygen atoms in total. The van der Waals surface area contributed by atoms with Gasteiger partial charge < -0.3 is 20.5 Å². The summed E-state index contributed by atoms with van der Waals surface area (Å²) >= 11 is 1.35. The van der Waals surface area contributed by atoms with E-state index in [1.54, 1.807) is 0 Å². The van der Waals surface area contributed by atoms with Gasteiger partial charge >= 0.3 is 0 Å². The highest BCUT2D eigenvalue weighted by Crippen LogP contribution is 2.29. The minimum atomic E-state index is 0.144. The number of aromatic nitrogens is 3. The van der Waals surface area contributed by atoms with Gasteiger partial charge in [-0.2, -0.15) is 4.37 Å². The molecule has 144 valence electrons. The molecule has 3 heterocycles. The maximum Gasteiger partial charge on any atom is 0.208 e. The first-order valence-electron chi connectivity index (χ1n) is 9.19. The number of nitrogens with one attached hydrogen (secondary N) is 3. The Morgan fingerprint density at radius 1 is 1.31 bits per heavy atom. The average molecular weight is 379 g/mol. The molecular weight excluding hydrogens is 348 g/mol. The molecule has 3 rings (SSSR count). The van der Waals surface area contributed by atoms with Crippen molar-refractivity contribution in [3.63, 3.8) is 0 Å². The lowest BCUT2D eigenvalue weighted by molar-refractivity contribution is 0.140. The molecule has 26 heavy (non-hydrogen) atoms. The third kappa shape index (κ3) is 5.25. The van der Waals surface area contributed by atoms with Gasteiger partial charge in [0.05, 0.1) is 0 Å². The van der Waals surface area contributed by atoms with Crippen LogP contribution >= 0.6 is 11.5 Å². The van der Waals surface area contributed by atoms with Gasteiger partial charge in [-0.1, -0.05) is 5.16 Å². The molecule has 8 heteroatoms. The van der Waals surface area contributed by atoms with Gasteiger partial charge in [-0.3, -0.25) is 0 Å². The fourth-order valence-corrected chi connectivity index (χ4v) is 4.70. The lowest BCUT2D eigenvalue weighted by Gasteiger charge is -2.47. The Labute approximate surface area is 159 Å². The largest absolute Gasteiger partial charge is 0.360 e. The van der Waals surface area contributed by atoms with Crippen LogP contribution in [0.1, 0.15) is 59.0 Å². The molecule has 0 aromatic carbocycles. The fraction of sp³-hybridized carbons (Fsp3) is 0.722. The maximum atomic E-state index is 5.06. The van der Waals surface area contributed by atoms with Gasteiger partial charge in [0.15, 0.2) is 5.82 Å². The number of nitrogens with zero attached hydrogens (tertiary/aromatic N) is 3. The van der Waals surface area contributed by atoms with Gasteiger partial charge in [0.1, 0.15) is 11.6 Å². The molecule has 1 saturated heterocycles. The number of hydrogen-bond donors (Lipinski definition) is 3. The number of anilines is 2. The van der Waals surface area contributed by atoms with Crippen LogP contribution in [-0.2, 0) is 6.42 Å². The molecule has 1 fully saturated rings. The van der Waals surface area contributed by atoms with Crippen molar-refractivity contribution in [2.75, 3.05) is 5.32 Å². The number of aryl methyl sites for hydroxylation is 1. The van der Waals surface area contributed by atoms with E-state index in [1.807, 2.05) is 13.0 Å². The molecule has 0 radical (unpaired) electrons. The fourth-order valence-electron chi connectivity index (χ4n) is 4.10. The van der Waals surface area contributed by atoms with Gasteiger partial charge in [-0.25, -0.2) is 4.98 Å². The van der Waals surface area contributed by atoms with E-state index in [9.17, 15) is 0 Å². The summed E-state index contributed by atoms with van der Waals surface area (Å²) in [4.78, 5) is 4.57. The van der Waals surface area contributed by atoms with Crippen molar-refractivity contribution in [2.24, 2.45) is 0 Å². The second-order valence-electron chi connectivity index (χ2n) is 8.73. The van der Waals surface area contributed by atoms with E-state index in [0.717, 1.165) is 36.0 Å². The van der Waals surface area contributed by atoms with Crippen LogP contribution in [-0.4, -0.2) is 37.7 Å². The summed E-state index contributed by atoms with van der Waals surface area (Å²) in [7, 11) is 0. The summed E-state index contributed by atoms with van der Waals surface area (Å²) in [5, 5.41) is 15.3. The Balaban J connectivity index is 1.54. The van der Waals surface area contributed by atoms with E-state index >= 15 is 0 Å². The Morgan fingerprint density at radius 3 is 2.62 bits per heavy atom. The lowest BCUT2D eigenvalue weighted by atomic mass is 9.79. The number of rotatable bonds is 6. The van der Waals surface area contributed by atoms with Crippen LogP contribution in [0.5, 0.6) is 0 Å². The zero-order valence-corrected chi connectivity index (χ0v) is 17.3. The predicted molar refractivity (Wildman–Crippen MR) is 105 cm³/mol. The molecule has 0 amide bonds. The quantitative estimate of drug-likeness (QED) is 0.710. The van der Waals surface area contributed by atoms with Gasteiger partial charge in [0, 0.05) is 47.2 Å². The molecule has 3 N–H and O–H groups in total. The molecule has 0 spiro atoms. The molecule has 0 aliphatic carbocycles. The summed E-state index contributed by atoms with van der Waals surface area (Å²) < 4.78 is 9.52. The van der Waals surface area contributed by atoms with E-state index in [0.29, 0.717) is 17.9 Å². The first-order chi connectivity index (χ1) is 12.1. The van der Waals surface area contributed by atoms with Crippen LogP contribution in [0.2, 0.25) is 0 Å². The van der Waals surface area contributed by atoms with Gasteiger partial charge in [0.2, 0.25) is 5.13 Å². The summed E-state index contributed by atoms with van der Waals surface area (Å²) in [6.07, 6.45) is 3.04. The minimum Gasteiger partial charge on any atom is -0.360 e. The molecule has 2 aromatic heterocycles. The smallest absolute Gasteiger partial charge is 0.208 e. The second kappa shape index (κ2) is 7.25. The Morgan fingerprint density at radius 2 is 2.00 bits per heavy atom.